The third-order valence-electron chi connectivity index (χ3n) is 1.96. The molecule has 0 atom stereocenters. The summed E-state index contributed by atoms with van der Waals surface area (Å²) in [5, 5.41) is 5.47. The molecular weight excluding hydrogens is 188 g/mol. The van der Waals surface area contributed by atoms with Gasteiger partial charge in [-0.3, -0.25) is 0 Å². The summed E-state index contributed by atoms with van der Waals surface area (Å²) in [5.74, 6) is 0. The molecular formula is C8H6N2S2. The van der Waals surface area contributed by atoms with Gasteiger partial charge in [0, 0.05) is 0 Å². The van der Waals surface area contributed by atoms with Crippen molar-refractivity contribution < 1.29 is 0 Å². The minimum absolute atomic E-state index is 0.934. The Morgan fingerprint density at radius 3 is 3.42 bits per heavy atom. The van der Waals surface area contributed by atoms with Crippen molar-refractivity contribution in [3.8, 4) is 10.6 Å². The van der Waals surface area contributed by atoms with Crippen molar-refractivity contribution in [1.82, 2.24) is 4.98 Å². The van der Waals surface area contributed by atoms with Crippen molar-refractivity contribution in [3.05, 3.63) is 21.8 Å². The van der Waals surface area contributed by atoms with Gasteiger partial charge in [-0.2, -0.15) is 0 Å². The summed E-state index contributed by atoms with van der Waals surface area (Å²) in [4.78, 5) is 7.00. The van der Waals surface area contributed by atoms with Gasteiger partial charge in [0.1, 0.15) is 0 Å². The molecule has 0 saturated heterocycles. The number of rotatable bonds is 0. The third-order valence-corrected chi connectivity index (χ3v) is 3.71. The minimum Gasteiger partial charge on any atom is -0.379 e. The van der Waals surface area contributed by atoms with Crippen molar-refractivity contribution in [1.29, 1.82) is 0 Å². The molecule has 0 saturated carbocycles. The lowest BCUT2D eigenvalue weighted by Gasteiger charge is -2.12. The molecule has 0 aromatic carbocycles. The number of hydrogen-bond acceptors (Lipinski definition) is 4. The molecule has 0 amide bonds. The Kier molecular flexibility index (Phi) is 1.27. The number of fused-ring (bicyclic) bond motifs is 3. The maximum absolute atomic E-state index is 4.36. The fourth-order valence-corrected chi connectivity index (χ4v) is 3.06. The summed E-state index contributed by atoms with van der Waals surface area (Å²) >= 11 is 3.48. The van der Waals surface area contributed by atoms with Crippen LogP contribution in [0, 0.1) is 0 Å². The highest BCUT2D eigenvalue weighted by atomic mass is 32.1. The summed E-state index contributed by atoms with van der Waals surface area (Å²) in [5.41, 5.74) is 4.34. The van der Waals surface area contributed by atoms with Gasteiger partial charge < -0.3 is 5.32 Å². The molecule has 2 nitrogen and oxygen atoms in total. The van der Waals surface area contributed by atoms with E-state index in [-0.39, 0.29) is 0 Å². The van der Waals surface area contributed by atoms with E-state index in [1.54, 1.807) is 22.7 Å². The molecule has 0 spiro atoms. The van der Waals surface area contributed by atoms with Gasteiger partial charge in [-0.05, 0) is 11.4 Å². The van der Waals surface area contributed by atoms with Crippen LogP contribution >= 0.6 is 22.7 Å². The van der Waals surface area contributed by atoms with Gasteiger partial charge >= 0.3 is 0 Å². The van der Waals surface area contributed by atoms with Gasteiger partial charge in [0.05, 0.1) is 33.2 Å². The summed E-state index contributed by atoms with van der Waals surface area (Å²) in [6, 6.07) is 2.11. The Balaban J connectivity index is 2.32. The third kappa shape index (κ3) is 0.763. The first-order valence-electron chi connectivity index (χ1n) is 3.69. The number of aromatic nitrogens is 1. The lowest BCUT2D eigenvalue weighted by molar-refractivity contribution is 1.16. The molecule has 2 aromatic rings. The first kappa shape index (κ1) is 6.62. The summed E-state index contributed by atoms with van der Waals surface area (Å²) in [6.45, 7) is 0.934. The van der Waals surface area contributed by atoms with Gasteiger partial charge in [0.25, 0.3) is 0 Å². The number of thiophene rings is 1. The fourth-order valence-electron chi connectivity index (χ4n) is 1.39. The van der Waals surface area contributed by atoms with Crippen molar-refractivity contribution in [2.75, 3.05) is 5.32 Å². The number of hydrogen-bond donors (Lipinski definition) is 1. The summed E-state index contributed by atoms with van der Waals surface area (Å²) < 4.78 is 0. The average Bonchev–Trinajstić information content (AvgIpc) is 2.71. The van der Waals surface area contributed by atoms with Crippen molar-refractivity contribution in [2.24, 2.45) is 0 Å². The SMILES string of the molecule is c1nc2c(s1)CNc1ccsc1-2. The Bertz CT molecular complexity index is 376. The maximum Gasteiger partial charge on any atom is 0.0982 e. The highest BCUT2D eigenvalue weighted by Crippen LogP contribution is 2.39. The molecule has 0 aliphatic carbocycles. The van der Waals surface area contributed by atoms with E-state index < -0.39 is 0 Å². The van der Waals surface area contributed by atoms with E-state index in [0.717, 1.165) is 6.54 Å². The Morgan fingerprint density at radius 2 is 2.42 bits per heavy atom. The number of nitrogens with zero attached hydrogens (tertiary/aromatic N) is 1. The monoisotopic (exact) mass is 194 g/mol. The molecule has 12 heavy (non-hydrogen) atoms. The van der Waals surface area contributed by atoms with Crippen molar-refractivity contribution in [2.45, 2.75) is 6.54 Å². The molecule has 1 N–H and O–H groups in total. The van der Waals surface area contributed by atoms with Crippen LogP contribution in [-0.4, -0.2) is 4.98 Å². The standard InChI is InChI=1S/C8H6N2S2/c1-2-11-8-5(1)9-3-6-7(8)10-4-12-6/h1-2,4,9H,3H2. The quantitative estimate of drug-likeness (QED) is 0.697. The first-order valence-corrected chi connectivity index (χ1v) is 5.45. The van der Waals surface area contributed by atoms with Crippen molar-refractivity contribution >= 4 is 28.4 Å². The molecule has 0 unspecified atom stereocenters. The van der Waals surface area contributed by atoms with Gasteiger partial charge in [0.15, 0.2) is 0 Å². The van der Waals surface area contributed by atoms with Crippen molar-refractivity contribution in [3.63, 3.8) is 0 Å². The second-order valence-electron chi connectivity index (χ2n) is 2.64. The van der Waals surface area contributed by atoms with Crippen LogP contribution in [0.2, 0.25) is 0 Å². The van der Waals surface area contributed by atoms with E-state index >= 15 is 0 Å². The van der Waals surface area contributed by atoms with Crippen LogP contribution in [0.3, 0.4) is 0 Å². The van der Waals surface area contributed by atoms with E-state index in [9.17, 15) is 0 Å². The largest absolute Gasteiger partial charge is 0.379 e. The van der Waals surface area contributed by atoms with Gasteiger partial charge in [-0.1, -0.05) is 0 Å². The van der Waals surface area contributed by atoms with E-state index in [1.165, 1.54) is 21.1 Å². The number of nitrogens with one attached hydrogen (secondary N) is 1. The Morgan fingerprint density at radius 1 is 1.42 bits per heavy atom. The predicted molar refractivity (Wildman–Crippen MR) is 52.8 cm³/mol. The highest BCUT2D eigenvalue weighted by Gasteiger charge is 2.18. The zero-order valence-corrected chi connectivity index (χ0v) is 7.84. The van der Waals surface area contributed by atoms with Crippen LogP contribution in [0.4, 0.5) is 5.69 Å². The van der Waals surface area contributed by atoms with Crippen LogP contribution < -0.4 is 5.32 Å². The Hall–Kier alpha value is -0.870. The molecule has 2 aromatic heterocycles. The van der Waals surface area contributed by atoms with Crippen LogP contribution in [0.5, 0.6) is 0 Å². The summed E-state index contributed by atoms with van der Waals surface area (Å²) in [6.07, 6.45) is 0. The van der Waals surface area contributed by atoms with Crippen LogP contribution in [-0.2, 0) is 6.54 Å². The van der Waals surface area contributed by atoms with Crippen LogP contribution in [0.25, 0.3) is 10.6 Å². The minimum atomic E-state index is 0.934. The lowest BCUT2D eigenvalue weighted by Crippen LogP contribution is -2.03. The Labute approximate surface area is 77.9 Å². The molecule has 4 heteroatoms. The lowest BCUT2D eigenvalue weighted by atomic mass is 10.2. The van der Waals surface area contributed by atoms with E-state index in [4.69, 9.17) is 0 Å². The predicted octanol–water partition coefficient (Wildman–Crippen LogP) is 2.80. The smallest absolute Gasteiger partial charge is 0.0982 e. The normalized spacial score (nSPS) is 13.3. The molecule has 1 aliphatic rings. The second-order valence-corrected chi connectivity index (χ2v) is 4.50. The molecule has 60 valence electrons. The molecule has 1 aliphatic heterocycles. The fraction of sp³-hybridized carbons (Fsp3) is 0.125. The zero-order valence-electron chi connectivity index (χ0n) is 6.20. The van der Waals surface area contributed by atoms with E-state index in [2.05, 4.69) is 21.7 Å². The number of anilines is 1. The highest BCUT2D eigenvalue weighted by molar-refractivity contribution is 7.15. The average molecular weight is 194 g/mol. The molecule has 0 fully saturated rings. The maximum atomic E-state index is 4.36. The topological polar surface area (TPSA) is 24.9 Å². The second kappa shape index (κ2) is 2.31. The molecule has 3 heterocycles. The van der Waals surface area contributed by atoms with Crippen LogP contribution in [0.15, 0.2) is 17.0 Å². The van der Waals surface area contributed by atoms with E-state index in [0.29, 0.717) is 0 Å². The molecule has 0 radical (unpaired) electrons. The van der Waals surface area contributed by atoms with E-state index in [1.807, 2.05) is 5.51 Å². The summed E-state index contributed by atoms with van der Waals surface area (Å²) in [7, 11) is 0. The zero-order chi connectivity index (χ0) is 7.97. The van der Waals surface area contributed by atoms with Gasteiger partial charge in [-0.25, -0.2) is 4.98 Å². The molecule has 3 rings (SSSR count). The molecule has 0 bridgehead atoms. The first-order chi connectivity index (χ1) is 5.95. The van der Waals surface area contributed by atoms with Gasteiger partial charge in [-0.15, -0.1) is 22.7 Å². The van der Waals surface area contributed by atoms with Gasteiger partial charge in [0.2, 0.25) is 0 Å². The number of thiazole rings is 1. The van der Waals surface area contributed by atoms with Crippen LogP contribution in [0.1, 0.15) is 4.88 Å².